The van der Waals surface area contributed by atoms with Gasteiger partial charge in [0.15, 0.2) is 5.82 Å². The summed E-state index contributed by atoms with van der Waals surface area (Å²) in [5, 5.41) is 8.28. The first-order valence-electron chi connectivity index (χ1n) is 8.78. The molecule has 0 saturated carbocycles. The van der Waals surface area contributed by atoms with Gasteiger partial charge < -0.3 is 19.9 Å². The highest BCUT2D eigenvalue weighted by Crippen LogP contribution is 2.31. The van der Waals surface area contributed by atoms with Crippen LogP contribution < -0.4 is 16.2 Å². The Morgan fingerprint density at radius 2 is 1.97 bits per heavy atom. The first kappa shape index (κ1) is 19.5. The zero-order chi connectivity index (χ0) is 21.3. The Hall–Kier alpha value is -3.79. The number of anilines is 4. The molecular weight excluding hydrogens is 409 g/mol. The molecule has 30 heavy (non-hydrogen) atoms. The number of rotatable bonds is 5. The average molecular weight is 425 g/mol. The number of fused-ring (bicyclic) bond motifs is 1. The minimum absolute atomic E-state index is 0.106. The third kappa shape index (κ3) is 3.72. The summed E-state index contributed by atoms with van der Waals surface area (Å²) in [6.07, 6.45) is 3.01. The van der Waals surface area contributed by atoms with Gasteiger partial charge in [-0.15, -0.1) is 11.3 Å². The summed E-state index contributed by atoms with van der Waals surface area (Å²) in [6.45, 7) is 0. The Kier molecular flexibility index (Phi) is 5.15. The van der Waals surface area contributed by atoms with E-state index in [1.54, 1.807) is 18.6 Å². The van der Waals surface area contributed by atoms with Crippen LogP contribution in [0.3, 0.4) is 0 Å². The lowest BCUT2D eigenvalue weighted by Gasteiger charge is -2.11. The molecule has 3 heterocycles. The second kappa shape index (κ2) is 7.91. The maximum Gasteiger partial charge on any atom is 0.343 e. The number of hydrogen-bond acceptors (Lipinski definition) is 8. The van der Waals surface area contributed by atoms with Crippen molar-refractivity contribution in [3.05, 3.63) is 69.8 Å². The second-order valence-corrected chi connectivity index (χ2v) is 7.24. The Balaban J connectivity index is 1.75. The van der Waals surface area contributed by atoms with Crippen LogP contribution in [0.1, 0.15) is 10.4 Å². The fourth-order valence-electron chi connectivity index (χ4n) is 2.82. The number of carbonyl (C=O) groups excluding carboxylic acids is 1. The van der Waals surface area contributed by atoms with E-state index in [2.05, 4.69) is 20.6 Å². The van der Waals surface area contributed by atoms with Gasteiger partial charge in [-0.25, -0.2) is 14.2 Å². The molecule has 0 aliphatic rings. The Morgan fingerprint density at radius 1 is 1.20 bits per heavy atom. The van der Waals surface area contributed by atoms with Crippen molar-refractivity contribution in [2.45, 2.75) is 0 Å². The molecule has 8 nitrogen and oxygen atoms in total. The number of ether oxygens (including phenoxy) is 1. The fourth-order valence-corrected chi connectivity index (χ4v) is 3.69. The predicted octanol–water partition coefficient (Wildman–Crippen LogP) is 3.80. The lowest BCUT2D eigenvalue weighted by Crippen LogP contribution is -2.16. The maximum atomic E-state index is 13.1. The quantitative estimate of drug-likeness (QED) is 0.469. The molecule has 4 rings (SSSR count). The summed E-state index contributed by atoms with van der Waals surface area (Å²) in [7, 11) is 2.92. The van der Waals surface area contributed by atoms with Crippen LogP contribution in [0, 0.1) is 5.82 Å². The van der Waals surface area contributed by atoms with Crippen molar-refractivity contribution in [2.24, 2.45) is 7.05 Å². The van der Waals surface area contributed by atoms with Crippen LogP contribution in [-0.4, -0.2) is 27.6 Å². The third-order valence-electron chi connectivity index (χ3n) is 4.35. The van der Waals surface area contributed by atoms with Gasteiger partial charge in [0.2, 0.25) is 5.95 Å². The molecule has 0 unspecified atom stereocenters. The minimum Gasteiger partial charge on any atom is -0.465 e. The lowest BCUT2D eigenvalue weighted by atomic mass is 10.2. The Labute approximate surface area is 174 Å². The van der Waals surface area contributed by atoms with Gasteiger partial charge in [0.05, 0.1) is 18.2 Å². The largest absolute Gasteiger partial charge is 0.465 e. The number of nitrogens with zero attached hydrogens (tertiary/aromatic N) is 3. The van der Waals surface area contributed by atoms with Gasteiger partial charge in [-0.1, -0.05) is 0 Å². The molecule has 0 amide bonds. The molecule has 0 aliphatic heterocycles. The van der Waals surface area contributed by atoms with E-state index in [0.717, 1.165) is 4.70 Å². The number of pyridine rings is 1. The highest BCUT2D eigenvalue weighted by Gasteiger charge is 2.18. The molecule has 0 aliphatic carbocycles. The van der Waals surface area contributed by atoms with Crippen LogP contribution in [0.4, 0.5) is 27.5 Å². The van der Waals surface area contributed by atoms with Crippen LogP contribution in [-0.2, 0) is 11.8 Å². The molecule has 0 saturated heterocycles. The number of hydrogen-bond donors (Lipinski definition) is 2. The van der Waals surface area contributed by atoms with Crippen molar-refractivity contribution in [1.82, 2.24) is 14.5 Å². The predicted molar refractivity (Wildman–Crippen MR) is 113 cm³/mol. The van der Waals surface area contributed by atoms with Crippen molar-refractivity contribution < 1.29 is 13.9 Å². The Morgan fingerprint density at radius 3 is 2.70 bits per heavy atom. The van der Waals surface area contributed by atoms with E-state index < -0.39 is 5.97 Å². The average Bonchev–Trinajstić information content (AvgIpc) is 3.15. The van der Waals surface area contributed by atoms with E-state index >= 15 is 0 Å². The SMILES string of the molecule is COC(=O)c1cnc(Nc2ccc(F)cc2)nc1Nc1csc2ccn(C)c(=O)c12. The van der Waals surface area contributed by atoms with Crippen molar-refractivity contribution in [3.63, 3.8) is 0 Å². The standard InChI is InChI=1S/C20H16FN5O3S/c1-26-8-7-15-16(18(26)27)14(10-30-15)24-17-13(19(28)29-2)9-22-20(25-17)23-12-5-3-11(21)4-6-12/h3-10H,1-2H3,(H2,22,23,24,25). The van der Waals surface area contributed by atoms with E-state index in [1.807, 2.05) is 6.07 Å². The molecule has 0 radical (unpaired) electrons. The molecule has 2 N–H and O–H groups in total. The monoisotopic (exact) mass is 425 g/mol. The van der Waals surface area contributed by atoms with Crippen LogP contribution in [0.5, 0.6) is 0 Å². The van der Waals surface area contributed by atoms with Gasteiger partial charge in [0, 0.05) is 35.2 Å². The summed E-state index contributed by atoms with van der Waals surface area (Å²) in [5.74, 6) is -0.634. The molecule has 0 fully saturated rings. The zero-order valence-corrected chi connectivity index (χ0v) is 16.8. The number of benzene rings is 1. The number of methoxy groups -OCH3 is 1. The number of thiophene rings is 1. The van der Waals surface area contributed by atoms with Gasteiger partial charge in [-0.3, -0.25) is 4.79 Å². The van der Waals surface area contributed by atoms with Crippen molar-refractivity contribution in [2.75, 3.05) is 17.7 Å². The molecule has 152 valence electrons. The smallest absolute Gasteiger partial charge is 0.343 e. The van der Waals surface area contributed by atoms with Crippen LogP contribution in [0.25, 0.3) is 10.1 Å². The summed E-state index contributed by atoms with van der Waals surface area (Å²) < 4.78 is 20.2. The first-order chi connectivity index (χ1) is 14.5. The van der Waals surface area contributed by atoms with Gasteiger partial charge >= 0.3 is 5.97 Å². The number of esters is 1. The highest BCUT2D eigenvalue weighted by molar-refractivity contribution is 7.17. The summed E-state index contributed by atoms with van der Waals surface area (Å²) in [5.41, 5.74) is 1.03. The molecule has 1 aromatic carbocycles. The summed E-state index contributed by atoms with van der Waals surface area (Å²) in [6, 6.07) is 7.52. The summed E-state index contributed by atoms with van der Waals surface area (Å²) in [4.78, 5) is 33.3. The van der Waals surface area contributed by atoms with Gasteiger partial charge in [0.25, 0.3) is 5.56 Å². The molecule has 10 heteroatoms. The van der Waals surface area contributed by atoms with Crippen molar-refractivity contribution in [3.8, 4) is 0 Å². The minimum atomic E-state index is -0.627. The number of aryl methyl sites for hydroxylation is 1. The Bertz CT molecular complexity index is 1300. The summed E-state index contributed by atoms with van der Waals surface area (Å²) >= 11 is 1.40. The van der Waals surface area contributed by atoms with Crippen molar-refractivity contribution >= 4 is 50.5 Å². The number of aromatic nitrogens is 3. The van der Waals surface area contributed by atoms with Gasteiger partial charge in [0.1, 0.15) is 11.4 Å². The maximum absolute atomic E-state index is 13.1. The second-order valence-electron chi connectivity index (χ2n) is 6.32. The molecule has 4 aromatic rings. The van der Waals surface area contributed by atoms with Crippen molar-refractivity contribution in [1.29, 1.82) is 0 Å². The molecule has 0 bridgehead atoms. The highest BCUT2D eigenvalue weighted by atomic mass is 32.1. The number of nitrogens with one attached hydrogen (secondary N) is 2. The van der Waals surface area contributed by atoms with E-state index in [-0.39, 0.29) is 28.7 Å². The molecule has 0 atom stereocenters. The fraction of sp³-hybridized carbons (Fsp3) is 0.100. The van der Waals surface area contributed by atoms with Gasteiger partial charge in [-0.2, -0.15) is 4.98 Å². The van der Waals surface area contributed by atoms with E-state index in [4.69, 9.17) is 4.74 Å². The number of halogens is 1. The topological polar surface area (TPSA) is 98.1 Å². The van der Waals surface area contributed by atoms with Crippen LogP contribution in [0.2, 0.25) is 0 Å². The van der Waals surface area contributed by atoms with Gasteiger partial charge in [-0.05, 0) is 30.3 Å². The first-order valence-corrected chi connectivity index (χ1v) is 9.66. The normalized spacial score (nSPS) is 10.8. The zero-order valence-electron chi connectivity index (χ0n) is 16.0. The van der Waals surface area contributed by atoms with Crippen LogP contribution >= 0.6 is 11.3 Å². The molecule has 0 spiro atoms. The molecule has 3 aromatic heterocycles. The van der Waals surface area contributed by atoms with Crippen LogP contribution in [0.15, 0.2) is 52.9 Å². The number of carbonyl (C=O) groups is 1. The lowest BCUT2D eigenvalue weighted by molar-refractivity contribution is 0.0601. The van der Waals surface area contributed by atoms with E-state index in [0.29, 0.717) is 16.8 Å². The van der Waals surface area contributed by atoms with E-state index in [9.17, 15) is 14.0 Å². The third-order valence-corrected chi connectivity index (χ3v) is 5.30. The van der Waals surface area contributed by atoms with E-state index in [1.165, 1.54) is 53.5 Å². The molecular formula is C20H16FN5O3S.